The zero-order valence-electron chi connectivity index (χ0n) is 17.2. The number of benzene rings is 1. The Kier molecular flexibility index (Phi) is 5.51. The van der Waals surface area contributed by atoms with Crippen LogP contribution in [-0.2, 0) is 4.79 Å². The van der Waals surface area contributed by atoms with E-state index in [-0.39, 0.29) is 17.9 Å². The SMILES string of the molecule is CC(=O)N1CCCC1c1cc(N2CCN(C(=O)c3ccccc3)CC2)cc(C)n1. The summed E-state index contributed by atoms with van der Waals surface area (Å²) in [4.78, 5) is 35.6. The van der Waals surface area contributed by atoms with Gasteiger partial charge in [-0.05, 0) is 44.0 Å². The third-order valence-electron chi connectivity index (χ3n) is 5.91. The molecule has 152 valence electrons. The summed E-state index contributed by atoms with van der Waals surface area (Å²) >= 11 is 0. The molecule has 2 saturated heterocycles. The first-order chi connectivity index (χ1) is 14.0. The number of nitrogens with zero attached hydrogens (tertiary/aromatic N) is 4. The van der Waals surface area contributed by atoms with Gasteiger partial charge in [-0.2, -0.15) is 0 Å². The molecule has 0 spiro atoms. The first-order valence-electron chi connectivity index (χ1n) is 10.4. The molecule has 0 bridgehead atoms. The summed E-state index contributed by atoms with van der Waals surface area (Å²) < 4.78 is 0. The number of hydrogen-bond donors (Lipinski definition) is 0. The molecule has 2 aliphatic rings. The summed E-state index contributed by atoms with van der Waals surface area (Å²) in [7, 11) is 0. The van der Waals surface area contributed by atoms with E-state index in [1.807, 2.05) is 47.1 Å². The monoisotopic (exact) mass is 392 g/mol. The van der Waals surface area contributed by atoms with Gasteiger partial charge in [-0.25, -0.2) is 0 Å². The van der Waals surface area contributed by atoms with Crippen LogP contribution in [-0.4, -0.2) is 59.3 Å². The fourth-order valence-electron chi connectivity index (χ4n) is 4.41. The van der Waals surface area contributed by atoms with Crippen LogP contribution >= 0.6 is 0 Å². The molecular weight excluding hydrogens is 364 g/mol. The molecule has 4 rings (SSSR count). The number of rotatable bonds is 3. The second-order valence-corrected chi connectivity index (χ2v) is 7.91. The lowest BCUT2D eigenvalue weighted by Crippen LogP contribution is -2.48. The van der Waals surface area contributed by atoms with E-state index >= 15 is 0 Å². The largest absolute Gasteiger partial charge is 0.368 e. The van der Waals surface area contributed by atoms with Gasteiger partial charge >= 0.3 is 0 Å². The van der Waals surface area contributed by atoms with Gasteiger partial charge < -0.3 is 14.7 Å². The minimum absolute atomic E-state index is 0.0760. The van der Waals surface area contributed by atoms with E-state index in [4.69, 9.17) is 4.98 Å². The summed E-state index contributed by atoms with van der Waals surface area (Å²) in [5.74, 6) is 0.213. The molecule has 1 atom stereocenters. The number of carbonyl (C=O) groups is 2. The highest BCUT2D eigenvalue weighted by atomic mass is 16.2. The van der Waals surface area contributed by atoms with Gasteiger partial charge in [0.2, 0.25) is 5.91 Å². The Morgan fingerprint density at radius 1 is 1.00 bits per heavy atom. The maximum Gasteiger partial charge on any atom is 0.253 e. The average Bonchev–Trinajstić information content (AvgIpc) is 3.24. The Balaban J connectivity index is 1.47. The van der Waals surface area contributed by atoms with Crippen LogP contribution in [0.4, 0.5) is 5.69 Å². The van der Waals surface area contributed by atoms with Crippen molar-refractivity contribution in [2.45, 2.75) is 32.7 Å². The van der Waals surface area contributed by atoms with Gasteiger partial charge in [-0.1, -0.05) is 18.2 Å². The molecule has 29 heavy (non-hydrogen) atoms. The minimum Gasteiger partial charge on any atom is -0.368 e. The number of hydrogen-bond acceptors (Lipinski definition) is 4. The lowest BCUT2D eigenvalue weighted by Gasteiger charge is -2.36. The van der Waals surface area contributed by atoms with Crippen molar-refractivity contribution in [1.82, 2.24) is 14.8 Å². The fourth-order valence-corrected chi connectivity index (χ4v) is 4.41. The standard InChI is InChI=1S/C23H28N4O2/c1-17-15-20(16-21(24-17)22-9-6-10-27(22)18(2)28)25-11-13-26(14-12-25)23(29)19-7-4-3-5-8-19/h3-5,7-8,15-16,22H,6,9-14H2,1-2H3. The number of piperazine rings is 1. The molecule has 2 fully saturated rings. The van der Waals surface area contributed by atoms with Crippen molar-refractivity contribution in [2.75, 3.05) is 37.6 Å². The maximum atomic E-state index is 12.7. The second-order valence-electron chi connectivity index (χ2n) is 7.91. The molecule has 0 N–H and O–H groups in total. The highest BCUT2D eigenvalue weighted by Gasteiger charge is 2.30. The normalized spacial score (nSPS) is 19.5. The number of pyridine rings is 1. The van der Waals surface area contributed by atoms with Crippen LogP contribution in [0.25, 0.3) is 0 Å². The minimum atomic E-state index is 0.0760. The number of aromatic nitrogens is 1. The average molecular weight is 393 g/mol. The number of amides is 2. The van der Waals surface area contributed by atoms with Crippen LogP contribution in [0.3, 0.4) is 0 Å². The fraction of sp³-hybridized carbons (Fsp3) is 0.435. The van der Waals surface area contributed by atoms with Crippen molar-refractivity contribution in [2.24, 2.45) is 0 Å². The predicted molar refractivity (Wildman–Crippen MR) is 113 cm³/mol. The smallest absolute Gasteiger partial charge is 0.253 e. The number of anilines is 1. The van der Waals surface area contributed by atoms with Crippen molar-refractivity contribution in [3.8, 4) is 0 Å². The van der Waals surface area contributed by atoms with E-state index in [2.05, 4.69) is 17.0 Å². The Hall–Kier alpha value is -2.89. The molecule has 6 nitrogen and oxygen atoms in total. The van der Waals surface area contributed by atoms with E-state index in [1.54, 1.807) is 6.92 Å². The van der Waals surface area contributed by atoms with Crippen molar-refractivity contribution >= 4 is 17.5 Å². The second kappa shape index (κ2) is 8.23. The quantitative estimate of drug-likeness (QED) is 0.806. The van der Waals surface area contributed by atoms with Crippen LogP contribution in [0.15, 0.2) is 42.5 Å². The lowest BCUT2D eigenvalue weighted by molar-refractivity contribution is -0.129. The molecule has 2 aliphatic heterocycles. The topological polar surface area (TPSA) is 56.8 Å². The van der Waals surface area contributed by atoms with Gasteiger partial charge in [0, 0.05) is 56.6 Å². The van der Waals surface area contributed by atoms with Crippen LogP contribution in [0.5, 0.6) is 0 Å². The van der Waals surface area contributed by atoms with Crippen LogP contribution in [0, 0.1) is 6.92 Å². The maximum absolute atomic E-state index is 12.7. The number of likely N-dealkylation sites (tertiary alicyclic amines) is 1. The zero-order chi connectivity index (χ0) is 20.4. The molecule has 6 heteroatoms. The van der Waals surface area contributed by atoms with Gasteiger partial charge in [0.25, 0.3) is 5.91 Å². The van der Waals surface area contributed by atoms with Gasteiger partial charge in [0.15, 0.2) is 0 Å². The van der Waals surface area contributed by atoms with Crippen molar-refractivity contribution in [1.29, 1.82) is 0 Å². The highest BCUT2D eigenvalue weighted by Crippen LogP contribution is 2.33. The summed E-state index contributed by atoms with van der Waals surface area (Å²) in [6.07, 6.45) is 1.99. The summed E-state index contributed by atoms with van der Waals surface area (Å²) in [5.41, 5.74) is 3.83. The molecule has 1 aromatic carbocycles. The third-order valence-corrected chi connectivity index (χ3v) is 5.91. The number of aryl methyl sites for hydroxylation is 1. The van der Waals surface area contributed by atoms with Gasteiger partial charge in [0.05, 0.1) is 11.7 Å². The van der Waals surface area contributed by atoms with Gasteiger partial charge in [0.1, 0.15) is 0 Å². The molecule has 2 aromatic rings. The van der Waals surface area contributed by atoms with Crippen LogP contribution in [0.1, 0.15) is 47.6 Å². The van der Waals surface area contributed by atoms with Crippen LogP contribution < -0.4 is 4.90 Å². The predicted octanol–water partition coefficient (Wildman–Crippen LogP) is 3.04. The molecule has 2 amide bonds. The molecule has 0 radical (unpaired) electrons. The Bertz CT molecular complexity index is 891. The Morgan fingerprint density at radius 2 is 1.72 bits per heavy atom. The molecule has 0 aliphatic carbocycles. The summed E-state index contributed by atoms with van der Waals surface area (Å²) in [6.45, 7) is 7.45. The zero-order valence-corrected chi connectivity index (χ0v) is 17.2. The van der Waals surface area contributed by atoms with Crippen molar-refractivity contribution in [3.05, 3.63) is 59.4 Å². The molecular formula is C23H28N4O2. The van der Waals surface area contributed by atoms with Crippen molar-refractivity contribution in [3.63, 3.8) is 0 Å². The Labute approximate surface area is 172 Å². The molecule has 1 aromatic heterocycles. The van der Waals surface area contributed by atoms with E-state index in [1.165, 1.54) is 0 Å². The van der Waals surface area contributed by atoms with E-state index in [0.29, 0.717) is 13.1 Å². The third kappa shape index (κ3) is 4.11. The van der Waals surface area contributed by atoms with Gasteiger partial charge in [-0.3, -0.25) is 14.6 Å². The molecule has 1 unspecified atom stereocenters. The first-order valence-corrected chi connectivity index (χ1v) is 10.4. The lowest BCUT2D eigenvalue weighted by atomic mass is 10.1. The van der Waals surface area contributed by atoms with E-state index in [9.17, 15) is 9.59 Å². The van der Waals surface area contributed by atoms with Crippen molar-refractivity contribution < 1.29 is 9.59 Å². The highest BCUT2D eigenvalue weighted by molar-refractivity contribution is 5.94. The van der Waals surface area contributed by atoms with Gasteiger partial charge in [-0.15, -0.1) is 0 Å². The molecule has 3 heterocycles. The van der Waals surface area contributed by atoms with E-state index in [0.717, 1.165) is 55.1 Å². The van der Waals surface area contributed by atoms with E-state index < -0.39 is 0 Å². The summed E-state index contributed by atoms with van der Waals surface area (Å²) in [6, 6.07) is 13.8. The first kappa shape index (κ1) is 19.4. The molecule has 0 saturated carbocycles. The number of carbonyl (C=O) groups excluding carboxylic acids is 2. The summed E-state index contributed by atoms with van der Waals surface area (Å²) in [5, 5.41) is 0. The Morgan fingerprint density at radius 3 is 2.41 bits per heavy atom. The van der Waals surface area contributed by atoms with Crippen LogP contribution in [0.2, 0.25) is 0 Å².